The van der Waals surface area contributed by atoms with Crippen molar-refractivity contribution in [3.8, 4) is 11.5 Å². The van der Waals surface area contributed by atoms with E-state index >= 15 is 0 Å². The first kappa shape index (κ1) is 24.2. The van der Waals surface area contributed by atoms with Crippen molar-refractivity contribution in [3.05, 3.63) is 59.2 Å². The average Bonchev–Trinajstić information content (AvgIpc) is 3.29. The minimum Gasteiger partial charge on any atom is -0.454 e. The fraction of sp³-hybridized carbons (Fsp3) is 0.536. The lowest BCUT2D eigenvalue weighted by molar-refractivity contribution is 0.0953. The third kappa shape index (κ3) is 8.22. The highest BCUT2D eigenvalue weighted by molar-refractivity contribution is 5.94. The number of amides is 1. The summed E-state index contributed by atoms with van der Waals surface area (Å²) in [5.74, 6) is 1.68. The van der Waals surface area contributed by atoms with Crippen LogP contribution in [0.25, 0.3) is 0 Å². The second-order valence-corrected chi connectivity index (χ2v) is 8.82. The number of aryl methyl sites for hydroxylation is 2. The van der Waals surface area contributed by atoms with Crippen LogP contribution in [-0.2, 0) is 12.8 Å². The molecule has 1 aliphatic heterocycles. The number of hydrogen-bond acceptors (Lipinski definition) is 3. The monoisotopic (exact) mass is 437 g/mol. The molecular weight excluding hydrogens is 398 g/mol. The van der Waals surface area contributed by atoms with Crippen molar-refractivity contribution >= 4 is 5.91 Å². The minimum absolute atomic E-state index is 0.0308. The zero-order chi connectivity index (χ0) is 22.4. The van der Waals surface area contributed by atoms with Gasteiger partial charge in [-0.05, 0) is 54.7 Å². The number of carbonyl (C=O) groups is 1. The molecule has 1 N–H and O–H groups in total. The second kappa shape index (κ2) is 13.8. The topological polar surface area (TPSA) is 47.6 Å². The average molecular weight is 438 g/mol. The number of carbonyl (C=O) groups excluding carboxylic acids is 1. The molecule has 0 saturated heterocycles. The van der Waals surface area contributed by atoms with E-state index in [1.807, 2.05) is 18.2 Å². The molecule has 0 radical (unpaired) electrons. The second-order valence-electron chi connectivity index (χ2n) is 8.82. The number of unbranched alkanes of at least 4 members (excludes halogenated alkanes) is 9. The number of nitrogens with one attached hydrogen (secondary N) is 1. The Hall–Kier alpha value is -2.49. The van der Waals surface area contributed by atoms with Gasteiger partial charge in [-0.3, -0.25) is 4.79 Å². The third-order valence-corrected chi connectivity index (χ3v) is 6.17. The fourth-order valence-electron chi connectivity index (χ4n) is 4.12. The van der Waals surface area contributed by atoms with Gasteiger partial charge in [0.1, 0.15) is 0 Å². The van der Waals surface area contributed by atoms with Crippen molar-refractivity contribution in [1.29, 1.82) is 0 Å². The first-order chi connectivity index (χ1) is 15.8. The number of rotatable bonds is 15. The summed E-state index contributed by atoms with van der Waals surface area (Å²) in [5.41, 5.74) is 3.20. The molecule has 4 nitrogen and oxygen atoms in total. The van der Waals surface area contributed by atoms with Gasteiger partial charge in [-0.1, -0.05) is 82.9 Å². The number of hydrogen-bond donors (Lipinski definition) is 1. The molecular formula is C28H39NO3. The van der Waals surface area contributed by atoms with Gasteiger partial charge < -0.3 is 14.8 Å². The van der Waals surface area contributed by atoms with Gasteiger partial charge in [0.15, 0.2) is 11.5 Å². The van der Waals surface area contributed by atoms with E-state index in [1.165, 1.54) is 68.9 Å². The summed E-state index contributed by atoms with van der Waals surface area (Å²) in [6.07, 6.45) is 15.0. The summed E-state index contributed by atoms with van der Waals surface area (Å²) in [7, 11) is 0. The summed E-state index contributed by atoms with van der Waals surface area (Å²) in [6, 6.07) is 14.1. The van der Waals surface area contributed by atoms with Gasteiger partial charge in [-0.2, -0.15) is 0 Å². The summed E-state index contributed by atoms with van der Waals surface area (Å²) in [5, 5.41) is 3.06. The van der Waals surface area contributed by atoms with E-state index < -0.39 is 0 Å². The molecule has 0 aromatic heterocycles. The van der Waals surface area contributed by atoms with Crippen LogP contribution in [0.15, 0.2) is 42.5 Å². The largest absolute Gasteiger partial charge is 0.454 e. The lowest BCUT2D eigenvalue weighted by Crippen LogP contribution is -2.24. The van der Waals surface area contributed by atoms with E-state index in [2.05, 4.69) is 36.5 Å². The van der Waals surface area contributed by atoms with Gasteiger partial charge in [-0.15, -0.1) is 0 Å². The van der Waals surface area contributed by atoms with Crippen LogP contribution in [0.2, 0.25) is 0 Å². The lowest BCUT2D eigenvalue weighted by Gasteiger charge is -2.07. The Labute approximate surface area is 193 Å². The van der Waals surface area contributed by atoms with Gasteiger partial charge >= 0.3 is 0 Å². The Balaban J connectivity index is 1.26. The van der Waals surface area contributed by atoms with Gasteiger partial charge in [0.25, 0.3) is 5.91 Å². The van der Waals surface area contributed by atoms with Gasteiger partial charge in [-0.25, -0.2) is 0 Å². The van der Waals surface area contributed by atoms with E-state index in [9.17, 15) is 4.79 Å². The Morgan fingerprint density at radius 3 is 2.06 bits per heavy atom. The van der Waals surface area contributed by atoms with Gasteiger partial charge in [0.05, 0.1) is 0 Å². The highest BCUT2D eigenvalue weighted by Gasteiger charge is 2.13. The van der Waals surface area contributed by atoms with Crippen molar-refractivity contribution in [1.82, 2.24) is 5.32 Å². The van der Waals surface area contributed by atoms with Crippen LogP contribution in [0.5, 0.6) is 11.5 Å². The van der Waals surface area contributed by atoms with Crippen molar-refractivity contribution in [2.45, 2.75) is 84.0 Å². The first-order valence-electron chi connectivity index (χ1n) is 12.5. The highest BCUT2D eigenvalue weighted by Crippen LogP contribution is 2.32. The number of ether oxygens (including phenoxy) is 2. The normalized spacial score (nSPS) is 12.2. The summed E-state index contributed by atoms with van der Waals surface area (Å²) < 4.78 is 10.8. The molecule has 0 fully saturated rings. The van der Waals surface area contributed by atoms with E-state index in [-0.39, 0.29) is 5.91 Å². The quantitative estimate of drug-likeness (QED) is 0.310. The first-order valence-corrected chi connectivity index (χ1v) is 12.5. The zero-order valence-corrected chi connectivity index (χ0v) is 19.7. The molecule has 0 saturated carbocycles. The molecule has 0 bridgehead atoms. The Bertz CT molecular complexity index is 816. The maximum atomic E-state index is 12.4. The minimum atomic E-state index is 0.0308. The summed E-state index contributed by atoms with van der Waals surface area (Å²) in [4.78, 5) is 12.4. The molecule has 32 heavy (non-hydrogen) atoms. The van der Waals surface area contributed by atoms with Crippen LogP contribution in [0.3, 0.4) is 0 Å². The molecule has 0 unspecified atom stereocenters. The van der Waals surface area contributed by atoms with Gasteiger partial charge in [0, 0.05) is 12.1 Å². The fourth-order valence-corrected chi connectivity index (χ4v) is 4.12. The Kier molecular flexibility index (Phi) is 10.4. The standard InChI is InChI=1S/C28H39NO3/c1-2-3-4-5-6-7-8-9-10-11-20-29-28(30)25-17-14-23(15-18-25)12-13-24-16-19-26-27(21-24)32-22-31-26/h14-19,21H,2-13,20,22H2,1H3,(H,29,30). The molecule has 2 aromatic carbocycles. The molecule has 2 aromatic rings. The highest BCUT2D eigenvalue weighted by atomic mass is 16.7. The summed E-state index contributed by atoms with van der Waals surface area (Å²) in [6.45, 7) is 3.33. The summed E-state index contributed by atoms with van der Waals surface area (Å²) >= 11 is 0. The molecule has 4 heteroatoms. The van der Waals surface area contributed by atoms with Gasteiger partial charge in [0.2, 0.25) is 6.79 Å². The van der Waals surface area contributed by atoms with E-state index in [1.54, 1.807) is 0 Å². The third-order valence-electron chi connectivity index (χ3n) is 6.17. The number of fused-ring (bicyclic) bond motifs is 1. The molecule has 0 aliphatic carbocycles. The Morgan fingerprint density at radius 2 is 1.34 bits per heavy atom. The lowest BCUT2D eigenvalue weighted by atomic mass is 10.0. The van der Waals surface area contributed by atoms with Crippen molar-refractivity contribution in [2.75, 3.05) is 13.3 Å². The predicted octanol–water partition coefficient (Wildman–Crippen LogP) is 6.85. The van der Waals surface area contributed by atoms with Crippen LogP contribution >= 0.6 is 0 Å². The van der Waals surface area contributed by atoms with Crippen LogP contribution in [-0.4, -0.2) is 19.2 Å². The molecule has 1 amide bonds. The van der Waals surface area contributed by atoms with Crippen LogP contribution in [0.4, 0.5) is 0 Å². The predicted molar refractivity (Wildman–Crippen MR) is 131 cm³/mol. The van der Waals surface area contributed by atoms with Crippen molar-refractivity contribution in [2.24, 2.45) is 0 Å². The van der Waals surface area contributed by atoms with Crippen molar-refractivity contribution in [3.63, 3.8) is 0 Å². The maximum Gasteiger partial charge on any atom is 0.251 e. The molecule has 0 atom stereocenters. The smallest absolute Gasteiger partial charge is 0.251 e. The number of benzene rings is 2. The molecule has 1 heterocycles. The SMILES string of the molecule is CCCCCCCCCCCCNC(=O)c1ccc(CCc2ccc3c(c2)OCO3)cc1. The van der Waals surface area contributed by atoms with E-state index in [0.717, 1.165) is 42.9 Å². The van der Waals surface area contributed by atoms with Crippen LogP contribution in [0.1, 0.15) is 92.6 Å². The van der Waals surface area contributed by atoms with Crippen molar-refractivity contribution < 1.29 is 14.3 Å². The molecule has 3 rings (SSSR count). The Morgan fingerprint density at radius 1 is 0.750 bits per heavy atom. The molecule has 174 valence electrons. The maximum absolute atomic E-state index is 12.4. The molecule has 0 spiro atoms. The zero-order valence-electron chi connectivity index (χ0n) is 19.7. The van der Waals surface area contributed by atoms with Crippen LogP contribution in [0, 0.1) is 0 Å². The van der Waals surface area contributed by atoms with E-state index in [4.69, 9.17) is 9.47 Å². The van der Waals surface area contributed by atoms with E-state index in [0.29, 0.717) is 6.79 Å². The van der Waals surface area contributed by atoms with Crippen LogP contribution < -0.4 is 14.8 Å². The molecule has 1 aliphatic rings.